The van der Waals surface area contributed by atoms with Crippen molar-refractivity contribution in [3.05, 3.63) is 51.6 Å². The summed E-state index contributed by atoms with van der Waals surface area (Å²) in [4.78, 5) is 4.32. The Bertz CT molecular complexity index is 571. The topological polar surface area (TPSA) is 48.1 Å². The molecule has 0 aliphatic carbocycles. The van der Waals surface area contributed by atoms with Crippen LogP contribution in [0.2, 0.25) is 0 Å². The van der Waals surface area contributed by atoms with Gasteiger partial charge in [0.25, 0.3) is 0 Å². The standard InChI is InChI=1S/C16H19BrN2O/c1-10-6-14(7-11(2)16(10)17)20-15-5-4-13(9-19-15)8-12(3)18/h4-7,9,12H,8,18H2,1-3H3. The van der Waals surface area contributed by atoms with Gasteiger partial charge in [0, 0.05) is 22.8 Å². The van der Waals surface area contributed by atoms with Crippen molar-refractivity contribution in [2.75, 3.05) is 0 Å². The summed E-state index contributed by atoms with van der Waals surface area (Å²) < 4.78 is 6.91. The molecule has 4 heteroatoms. The first kappa shape index (κ1) is 15.0. The van der Waals surface area contributed by atoms with E-state index in [0.29, 0.717) is 5.88 Å². The van der Waals surface area contributed by atoms with Crippen LogP contribution in [-0.2, 0) is 6.42 Å². The number of nitrogens with two attached hydrogens (primary N) is 1. The van der Waals surface area contributed by atoms with Gasteiger partial charge in [-0.15, -0.1) is 0 Å². The largest absolute Gasteiger partial charge is 0.439 e. The molecular formula is C16H19BrN2O. The first-order valence-electron chi connectivity index (χ1n) is 6.61. The number of hydrogen-bond acceptors (Lipinski definition) is 3. The summed E-state index contributed by atoms with van der Waals surface area (Å²) in [5, 5.41) is 0. The van der Waals surface area contributed by atoms with Gasteiger partial charge < -0.3 is 10.5 Å². The maximum absolute atomic E-state index is 5.79. The molecule has 0 amide bonds. The lowest BCUT2D eigenvalue weighted by molar-refractivity contribution is 0.461. The Kier molecular flexibility index (Phi) is 4.78. The van der Waals surface area contributed by atoms with Crippen molar-refractivity contribution in [2.24, 2.45) is 5.73 Å². The van der Waals surface area contributed by atoms with E-state index in [4.69, 9.17) is 10.5 Å². The predicted octanol–water partition coefficient (Wildman–Crippen LogP) is 4.14. The van der Waals surface area contributed by atoms with Crippen molar-refractivity contribution in [2.45, 2.75) is 33.2 Å². The van der Waals surface area contributed by atoms with Crippen LogP contribution in [0.25, 0.3) is 0 Å². The molecule has 0 fully saturated rings. The van der Waals surface area contributed by atoms with Crippen LogP contribution in [0.4, 0.5) is 0 Å². The fourth-order valence-corrected chi connectivity index (χ4v) is 2.28. The molecule has 2 aromatic rings. The molecule has 2 N–H and O–H groups in total. The van der Waals surface area contributed by atoms with Crippen LogP contribution < -0.4 is 10.5 Å². The zero-order chi connectivity index (χ0) is 14.7. The van der Waals surface area contributed by atoms with E-state index < -0.39 is 0 Å². The average Bonchev–Trinajstić information content (AvgIpc) is 2.37. The van der Waals surface area contributed by atoms with E-state index in [9.17, 15) is 0 Å². The van der Waals surface area contributed by atoms with Crippen molar-refractivity contribution in [1.82, 2.24) is 4.98 Å². The Morgan fingerprint density at radius 3 is 2.40 bits per heavy atom. The second kappa shape index (κ2) is 6.37. The van der Waals surface area contributed by atoms with Crippen molar-refractivity contribution in [3.63, 3.8) is 0 Å². The van der Waals surface area contributed by atoms with Crippen LogP contribution in [0.1, 0.15) is 23.6 Å². The molecule has 1 aromatic heterocycles. The van der Waals surface area contributed by atoms with Gasteiger partial charge in [0.15, 0.2) is 0 Å². The Morgan fingerprint density at radius 2 is 1.90 bits per heavy atom. The van der Waals surface area contributed by atoms with Gasteiger partial charge in [0.1, 0.15) is 5.75 Å². The molecule has 0 saturated heterocycles. The first-order chi connectivity index (χ1) is 9.45. The zero-order valence-corrected chi connectivity index (χ0v) is 13.6. The third kappa shape index (κ3) is 3.81. The van der Waals surface area contributed by atoms with E-state index in [1.54, 1.807) is 0 Å². The van der Waals surface area contributed by atoms with Gasteiger partial charge in [-0.25, -0.2) is 4.98 Å². The van der Waals surface area contributed by atoms with E-state index in [1.807, 2.05) is 51.2 Å². The van der Waals surface area contributed by atoms with Crippen molar-refractivity contribution >= 4 is 15.9 Å². The van der Waals surface area contributed by atoms with Gasteiger partial charge in [0.05, 0.1) is 0 Å². The minimum absolute atomic E-state index is 0.139. The Hall–Kier alpha value is -1.39. The second-order valence-corrected chi connectivity index (χ2v) is 5.95. The lowest BCUT2D eigenvalue weighted by atomic mass is 10.1. The van der Waals surface area contributed by atoms with Gasteiger partial charge in [0.2, 0.25) is 5.88 Å². The van der Waals surface area contributed by atoms with Crippen LogP contribution in [0, 0.1) is 13.8 Å². The molecule has 1 atom stereocenters. The normalized spacial score (nSPS) is 12.2. The second-order valence-electron chi connectivity index (χ2n) is 5.16. The summed E-state index contributed by atoms with van der Waals surface area (Å²) >= 11 is 3.55. The molecule has 0 bridgehead atoms. The molecule has 20 heavy (non-hydrogen) atoms. The fraction of sp³-hybridized carbons (Fsp3) is 0.312. The molecule has 0 aliphatic rings. The van der Waals surface area contributed by atoms with E-state index in [0.717, 1.165) is 33.3 Å². The lowest BCUT2D eigenvalue weighted by Crippen LogP contribution is -2.17. The monoisotopic (exact) mass is 334 g/mol. The summed E-state index contributed by atoms with van der Waals surface area (Å²) in [5.74, 6) is 1.40. The quantitative estimate of drug-likeness (QED) is 0.913. The summed E-state index contributed by atoms with van der Waals surface area (Å²) in [7, 11) is 0. The molecule has 1 unspecified atom stereocenters. The molecule has 1 aromatic carbocycles. The van der Waals surface area contributed by atoms with Gasteiger partial charge in [-0.1, -0.05) is 22.0 Å². The van der Waals surface area contributed by atoms with Gasteiger partial charge in [-0.3, -0.25) is 0 Å². The summed E-state index contributed by atoms with van der Waals surface area (Å²) in [6.45, 7) is 6.07. The third-order valence-electron chi connectivity index (χ3n) is 2.99. The fourth-order valence-electron chi connectivity index (χ4n) is 2.05. The molecule has 106 valence electrons. The molecule has 0 spiro atoms. The molecule has 2 rings (SSSR count). The molecule has 0 radical (unpaired) electrons. The maximum atomic E-state index is 5.79. The van der Waals surface area contributed by atoms with Gasteiger partial charge in [-0.2, -0.15) is 0 Å². The third-order valence-corrected chi connectivity index (χ3v) is 4.24. The molecule has 0 aliphatic heterocycles. The first-order valence-corrected chi connectivity index (χ1v) is 7.40. The molecule has 3 nitrogen and oxygen atoms in total. The highest BCUT2D eigenvalue weighted by atomic mass is 79.9. The average molecular weight is 335 g/mol. The predicted molar refractivity (Wildman–Crippen MR) is 85.3 cm³/mol. The lowest BCUT2D eigenvalue weighted by Gasteiger charge is -2.10. The SMILES string of the molecule is Cc1cc(Oc2ccc(CC(C)N)cn2)cc(C)c1Br. The minimum atomic E-state index is 0.139. The molecule has 1 heterocycles. The van der Waals surface area contributed by atoms with E-state index in [2.05, 4.69) is 20.9 Å². The number of aromatic nitrogens is 1. The highest BCUT2D eigenvalue weighted by Crippen LogP contribution is 2.28. The van der Waals surface area contributed by atoms with Crippen LogP contribution in [0.5, 0.6) is 11.6 Å². The zero-order valence-electron chi connectivity index (χ0n) is 12.0. The number of hydrogen-bond donors (Lipinski definition) is 1. The Balaban J connectivity index is 2.14. The number of benzene rings is 1. The van der Waals surface area contributed by atoms with Crippen LogP contribution in [0.3, 0.4) is 0 Å². The van der Waals surface area contributed by atoms with Crippen molar-refractivity contribution in [1.29, 1.82) is 0 Å². The van der Waals surface area contributed by atoms with E-state index in [-0.39, 0.29) is 6.04 Å². The van der Waals surface area contributed by atoms with Gasteiger partial charge in [-0.05, 0) is 56.0 Å². The number of ether oxygens (including phenoxy) is 1. The Labute approximate surface area is 128 Å². The Morgan fingerprint density at radius 1 is 1.25 bits per heavy atom. The molecule has 0 saturated carbocycles. The van der Waals surface area contributed by atoms with Crippen LogP contribution in [-0.4, -0.2) is 11.0 Å². The highest BCUT2D eigenvalue weighted by Gasteiger charge is 2.05. The number of aryl methyl sites for hydroxylation is 2. The van der Waals surface area contributed by atoms with E-state index >= 15 is 0 Å². The molecular weight excluding hydrogens is 316 g/mol. The highest BCUT2D eigenvalue weighted by molar-refractivity contribution is 9.10. The number of halogens is 1. The number of rotatable bonds is 4. The minimum Gasteiger partial charge on any atom is -0.439 e. The summed E-state index contributed by atoms with van der Waals surface area (Å²) in [6.07, 6.45) is 2.64. The van der Waals surface area contributed by atoms with Gasteiger partial charge >= 0.3 is 0 Å². The van der Waals surface area contributed by atoms with Crippen LogP contribution in [0.15, 0.2) is 34.9 Å². The number of nitrogens with zero attached hydrogens (tertiary/aromatic N) is 1. The van der Waals surface area contributed by atoms with Crippen LogP contribution >= 0.6 is 15.9 Å². The van der Waals surface area contributed by atoms with Crippen molar-refractivity contribution < 1.29 is 4.74 Å². The van der Waals surface area contributed by atoms with E-state index in [1.165, 1.54) is 0 Å². The summed E-state index contributed by atoms with van der Waals surface area (Å²) in [5.41, 5.74) is 9.18. The maximum Gasteiger partial charge on any atom is 0.219 e. The smallest absolute Gasteiger partial charge is 0.219 e. The van der Waals surface area contributed by atoms with Crippen molar-refractivity contribution in [3.8, 4) is 11.6 Å². The number of pyridine rings is 1. The summed E-state index contributed by atoms with van der Waals surface area (Å²) in [6, 6.07) is 8.01.